The zero-order valence-corrected chi connectivity index (χ0v) is 17.3. The van der Waals surface area contributed by atoms with Crippen LogP contribution >= 0.6 is 24.0 Å². The van der Waals surface area contributed by atoms with E-state index in [-0.39, 0.29) is 48.8 Å². The Morgan fingerprint density at radius 3 is 2.60 bits per heavy atom. The normalized spacial score (nSPS) is 29.0. The molecule has 148 valence electrons. The summed E-state index contributed by atoms with van der Waals surface area (Å²) in [6, 6.07) is 0. The zero-order valence-electron chi connectivity index (χ0n) is 14.9. The number of aliphatic imine (C=N–C) groups is 1. The van der Waals surface area contributed by atoms with Gasteiger partial charge < -0.3 is 20.3 Å². The summed E-state index contributed by atoms with van der Waals surface area (Å²) >= 11 is 0. The highest BCUT2D eigenvalue weighted by atomic mass is 127. The van der Waals surface area contributed by atoms with Gasteiger partial charge in [-0.05, 0) is 32.2 Å². The lowest BCUT2D eigenvalue weighted by Crippen LogP contribution is -2.49. The molecule has 0 aromatic heterocycles. The molecule has 0 radical (unpaired) electrons. The Morgan fingerprint density at radius 2 is 1.96 bits per heavy atom. The van der Waals surface area contributed by atoms with Gasteiger partial charge in [-0.3, -0.25) is 4.99 Å². The highest BCUT2D eigenvalue weighted by Gasteiger charge is 2.42. The van der Waals surface area contributed by atoms with Crippen LogP contribution in [0.2, 0.25) is 0 Å². The number of hydrogen-bond acceptors (Lipinski definition) is 3. The van der Waals surface area contributed by atoms with Gasteiger partial charge in [-0.25, -0.2) is 0 Å². The summed E-state index contributed by atoms with van der Waals surface area (Å²) in [4.78, 5) is 6.36. The van der Waals surface area contributed by atoms with E-state index in [1.165, 1.54) is 0 Å². The zero-order chi connectivity index (χ0) is 17.6. The molecular weight excluding hydrogens is 448 g/mol. The van der Waals surface area contributed by atoms with E-state index in [9.17, 15) is 13.2 Å². The molecule has 0 aromatic carbocycles. The van der Waals surface area contributed by atoms with E-state index < -0.39 is 12.1 Å². The van der Waals surface area contributed by atoms with E-state index >= 15 is 0 Å². The minimum absolute atomic E-state index is 0. The molecule has 2 fully saturated rings. The SMILES string of the molecule is CN=C(NCC1CCCC(C(F)(F)F)C1)NCC1CN(C)CCO1.I. The van der Waals surface area contributed by atoms with Crippen LogP contribution in [0.1, 0.15) is 25.7 Å². The second kappa shape index (κ2) is 10.8. The number of hydrogen-bond donors (Lipinski definition) is 2. The highest BCUT2D eigenvalue weighted by molar-refractivity contribution is 14.0. The molecule has 1 heterocycles. The summed E-state index contributed by atoms with van der Waals surface area (Å²) in [7, 11) is 3.73. The van der Waals surface area contributed by atoms with Gasteiger partial charge in [-0.2, -0.15) is 13.2 Å². The smallest absolute Gasteiger partial charge is 0.374 e. The van der Waals surface area contributed by atoms with Crippen LogP contribution in [0, 0.1) is 11.8 Å². The molecule has 9 heteroatoms. The predicted molar refractivity (Wildman–Crippen MR) is 104 cm³/mol. The highest BCUT2D eigenvalue weighted by Crippen LogP contribution is 2.39. The number of likely N-dealkylation sites (N-methyl/N-ethyl adjacent to an activating group) is 1. The van der Waals surface area contributed by atoms with Crippen molar-refractivity contribution in [1.29, 1.82) is 0 Å². The third-order valence-electron chi connectivity index (χ3n) is 4.87. The van der Waals surface area contributed by atoms with E-state index in [4.69, 9.17) is 4.74 Å². The van der Waals surface area contributed by atoms with E-state index in [0.29, 0.717) is 25.5 Å². The van der Waals surface area contributed by atoms with E-state index in [1.54, 1.807) is 7.05 Å². The molecular formula is C16H30F3IN4O. The minimum Gasteiger partial charge on any atom is -0.374 e. The Kier molecular flexibility index (Phi) is 9.79. The Labute approximate surface area is 165 Å². The number of ether oxygens (including phenoxy) is 1. The Bertz CT molecular complexity index is 423. The standard InChI is InChI=1S/C16H29F3N4O.HI/c1-20-15(22-10-14-11-23(2)6-7-24-14)21-9-12-4-3-5-13(8-12)16(17,18)19;/h12-14H,3-11H2,1-2H3,(H2,20,21,22);1H. The van der Waals surface area contributed by atoms with Crippen LogP contribution in [0.3, 0.4) is 0 Å². The minimum atomic E-state index is -4.07. The Balaban J connectivity index is 0.00000312. The summed E-state index contributed by atoms with van der Waals surface area (Å²) in [6.07, 6.45) is -2.00. The monoisotopic (exact) mass is 478 g/mol. The van der Waals surface area contributed by atoms with Crippen LogP contribution < -0.4 is 10.6 Å². The maximum Gasteiger partial charge on any atom is 0.391 e. The molecule has 5 nitrogen and oxygen atoms in total. The van der Waals surface area contributed by atoms with Crippen molar-refractivity contribution in [3.63, 3.8) is 0 Å². The second-order valence-electron chi connectivity index (χ2n) is 6.86. The van der Waals surface area contributed by atoms with Gasteiger partial charge in [0.25, 0.3) is 0 Å². The molecule has 1 saturated heterocycles. The van der Waals surface area contributed by atoms with Crippen molar-refractivity contribution in [1.82, 2.24) is 15.5 Å². The number of guanidine groups is 1. The number of nitrogens with zero attached hydrogens (tertiary/aromatic N) is 2. The third kappa shape index (κ3) is 7.86. The molecule has 3 atom stereocenters. The van der Waals surface area contributed by atoms with Gasteiger partial charge in [-0.1, -0.05) is 6.42 Å². The van der Waals surface area contributed by atoms with Crippen molar-refractivity contribution in [3.8, 4) is 0 Å². The number of halogens is 4. The van der Waals surface area contributed by atoms with Gasteiger partial charge in [0, 0.05) is 33.2 Å². The maximum absolute atomic E-state index is 12.9. The first-order valence-corrected chi connectivity index (χ1v) is 8.70. The lowest BCUT2D eigenvalue weighted by molar-refractivity contribution is -0.185. The Hall–Kier alpha value is -0.290. The molecule has 1 saturated carbocycles. The van der Waals surface area contributed by atoms with Crippen LogP contribution in [0.5, 0.6) is 0 Å². The summed E-state index contributed by atoms with van der Waals surface area (Å²) < 4.78 is 44.3. The number of alkyl halides is 3. The van der Waals surface area contributed by atoms with Crippen molar-refractivity contribution in [2.45, 2.75) is 38.0 Å². The van der Waals surface area contributed by atoms with Gasteiger partial charge in [0.15, 0.2) is 5.96 Å². The molecule has 0 aromatic rings. The maximum atomic E-state index is 12.9. The molecule has 0 bridgehead atoms. The van der Waals surface area contributed by atoms with Crippen LogP contribution in [0.25, 0.3) is 0 Å². The van der Waals surface area contributed by atoms with Gasteiger partial charge in [0.1, 0.15) is 0 Å². The van der Waals surface area contributed by atoms with Crippen molar-refractivity contribution < 1.29 is 17.9 Å². The average Bonchev–Trinajstić information content (AvgIpc) is 2.54. The fourth-order valence-electron chi connectivity index (χ4n) is 3.44. The Morgan fingerprint density at radius 1 is 1.24 bits per heavy atom. The average molecular weight is 478 g/mol. The first-order valence-electron chi connectivity index (χ1n) is 8.70. The summed E-state index contributed by atoms with van der Waals surface area (Å²) in [5, 5.41) is 6.37. The van der Waals surface area contributed by atoms with Crippen LogP contribution in [-0.2, 0) is 4.74 Å². The van der Waals surface area contributed by atoms with E-state index in [1.807, 2.05) is 0 Å². The van der Waals surface area contributed by atoms with E-state index in [2.05, 4.69) is 27.6 Å². The lowest BCUT2D eigenvalue weighted by atomic mass is 9.81. The van der Waals surface area contributed by atoms with Crippen LogP contribution in [-0.4, -0.2) is 70.0 Å². The van der Waals surface area contributed by atoms with Crippen LogP contribution in [0.4, 0.5) is 13.2 Å². The van der Waals surface area contributed by atoms with Gasteiger partial charge in [-0.15, -0.1) is 24.0 Å². The van der Waals surface area contributed by atoms with Gasteiger partial charge in [0.2, 0.25) is 0 Å². The molecule has 2 rings (SSSR count). The number of nitrogens with one attached hydrogen (secondary N) is 2. The van der Waals surface area contributed by atoms with Crippen molar-refractivity contribution in [2.75, 3.05) is 46.9 Å². The van der Waals surface area contributed by atoms with Crippen molar-refractivity contribution >= 4 is 29.9 Å². The lowest BCUT2D eigenvalue weighted by Gasteiger charge is -2.32. The third-order valence-corrected chi connectivity index (χ3v) is 4.87. The largest absolute Gasteiger partial charge is 0.391 e. The number of rotatable bonds is 4. The second-order valence-corrected chi connectivity index (χ2v) is 6.86. The molecule has 2 aliphatic rings. The van der Waals surface area contributed by atoms with Crippen molar-refractivity contribution in [3.05, 3.63) is 0 Å². The van der Waals surface area contributed by atoms with Gasteiger partial charge in [0.05, 0.1) is 18.6 Å². The summed E-state index contributed by atoms with van der Waals surface area (Å²) in [5.41, 5.74) is 0. The molecule has 0 spiro atoms. The summed E-state index contributed by atoms with van der Waals surface area (Å²) in [6.45, 7) is 3.68. The van der Waals surface area contributed by atoms with Crippen molar-refractivity contribution in [2.24, 2.45) is 16.8 Å². The topological polar surface area (TPSA) is 48.9 Å². The molecule has 3 unspecified atom stereocenters. The quantitative estimate of drug-likeness (QED) is 0.371. The summed E-state index contributed by atoms with van der Waals surface area (Å²) in [5.74, 6) is -0.485. The fraction of sp³-hybridized carbons (Fsp3) is 0.938. The van der Waals surface area contributed by atoms with E-state index in [0.717, 1.165) is 26.1 Å². The molecule has 25 heavy (non-hydrogen) atoms. The van der Waals surface area contributed by atoms with Gasteiger partial charge >= 0.3 is 6.18 Å². The molecule has 1 aliphatic heterocycles. The number of morpholine rings is 1. The first kappa shape index (κ1) is 22.8. The van der Waals surface area contributed by atoms with Crippen LogP contribution in [0.15, 0.2) is 4.99 Å². The molecule has 1 aliphatic carbocycles. The molecule has 0 amide bonds. The molecule has 2 N–H and O–H groups in total. The first-order chi connectivity index (χ1) is 11.4. The predicted octanol–water partition coefficient (Wildman–Crippen LogP) is 2.47. The fourth-order valence-corrected chi connectivity index (χ4v) is 3.44.